The maximum atomic E-state index is 4.89. The van der Waals surface area contributed by atoms with Crippen molar-refractivity contribution in [2.75, 3.05) is 0 Å². The van der Waals surface area contributed by atoms with Gasteiger partial charge in [0.15, 0.2) is 0 Å². The average molecular weight is 306 g/mol. The Morgan fingerprint density at radius 1 is 1.11 bits per heavy atom. The van der Waals surface area contributed by atoms with Gasteiger partial charge in [-0.05, 0) is 30.5 Å². The van der Waals surface area contributed by atoms with Crippen molar-refractivity contribution in [1.82, 2.24) is 4.98 Å². The zero-order valence-corrected chi connectivity index (χ0v) is 13.0. The van der Waals surface area contributed by atoms with E-state index in [2.05, 4.69) is 74.0 Å². The monoisotopic (exact) mass is 305 g/mol. The predicted octanol–water partition coefficient (Wildman–Crippen LogP) is 5.07. The molecule has 2 rings (SSSR count). The largest absolute Gasteiger partial charge is 0.252 e. The summed E-state index contributed by atoms with van der Waals surface area (Å²) in [7, 11) is 0. The molecule has 1 heterocycles. The van der Waals surface area contributed by atoms with Gasteiger partial charge in [0, 0.05) is 21.8 Å². The lowest BCUT2D eigenvalue weighted by Crippen LogP contribution is -2.18. The van der Waals surface area contributed by atoms with Crippen LogP contribution >= 0.6 is 15.9 Å². The molecule has 0 aliphatic heterocycles. The van der Waals surface area contributed by atoms with Crippen LogP contribution in [-0.2, 0) is 0 Å². The van der Waals surface area contributed by atoms with Crippen LogP contribution in [0.2, 0.25) is 0 Å². The van der Waals surface area contributed by atoms with Crippen molar-refractivity contribution >= 4 is 26.8 Å². The second-order valence-corrected chi connectivity index (χ2v) is 6.77. The maximum Gasteiger partial charge on any atom is 0.0705 e. The van der Waals surface area contributed by atoms with Gasteiger partial charge < -0.3 is 0 Å². The molecular formula is C16H20BrN. The number of nitrogens with zero attached hydrogens (tertiary/aromatic N) is 1. The predicted molar refractivity (Wildman–Crippen MR) is 82.4 cm³/mol. The number of benzene rings is 1. The van der Waals surface area contributed by atoms with E-state index in [0.717, 1.165) is 5.52 Å². The molecular weight excluding hydrogens is 286 g/mol. The van der Waals surface area contributed by atoms with Crippen molar-refractivity contribution in [3.8, 4) is 0 Å². The molecule has 0 saturated heterocycles. The molecule has 2 unspecified atom stereocenters. The first-order valence-corrected chi connectivity index (χ1v) is 7.42. The van der Waals surface area contributed by atoms with Gasteiger partial charge in [-0.3, -0.25) is 4.98 Å². The quantitative estimate of drug-likeness (QED) is 0.722. The third-order valence-corrected chi connectivity index (χ3v) is 4.05. The summed E-state index contributed by atoms with van der Waals surface area (Å²) >= 11 is 3.74. The highest BCUT2D eigenvalue weighted by atomic mass is 79.9. The Kier molecular flexibility index (Phi) is 4.06. The first kappa shape index (κ1) is 13.5. The molecule has 0 fully saturated rings. The maximum absolute atomic E-state index is 4.89. The Labute approximate surface area is 118 Å². The molecule has 96 valence electrons. The third kappa shape index (κ3) is 2.59. The molecule has 2 aromatic rings. The highest BCUT2D eigenvalue weighted by Gasteiger charge is 2.24. The van der Waals surface area contributed by atoms with E-state index < -0.39 is 0 Å². The van der Waals surface area contributed by atoms with Crippen molar-refractivity contribution in [3.63, 3.8) is 0 Å². The number of alkyl halides is 1. The molecule has 0 amide bonds. The van der Waals surface area contributed by atoms with Gasteiger partial charge in [-0.25, -0.2) is 0 Å². The van der Waals surface area contributed by atoms with Crippen LogP contribution in [0.3, 0.4) is 0 Å². The third-order valence-electron chi connectivity index (χ3n) is 3.48. The minimum absolute atomic E-state index is 0.435. The molecule has 0 bridgehead atoms. The van der Waals surface area contributed by atoms with Crippen LogP contribution in [0.4, 0.5) is 0 Å². The van der Waals surface area contributed by atoms with Crippen molar-refractivity contribution in [1.29, 1.82) is 0 Å². The summed E-state index contributed by atoms with van der Waals surface area (Å²) in [5.74, 6) is 1.03. The average Bonchev–Trinajstić information content (AvgIpc) is 2.29. The van der Waals surface area contributed by atoms with Gasteiger partial charge in [0.25, 0.3) is 0 Å². The number of fused-ring (bicyclic) bond motifs is 1. The number of hydrogen-bond acceptors (Lipinski definition) is 1. The number of pyridine rings is 1. The van der Waals surface area contributed by atoms with Crippen molar-refractivity contribution in [3.05, 3.63) is 41.6 Å². The van der Waals surface area contributed by atoms with Gasteiger partial charge in [0.05, 0.1) is 5.52 Å². The molecule has 2 heteroatoms. The van der Waals surface area contributed by atoms with E-state index in [1.54, 1.807) is 0 Å². The zero-order chi connectivity index (χ0) is 13.3. The molecule has 0 aliphatic rings. The first-order chi connectivity index (χ1) is 8.50. The number of aryl methyl sites for hydroxylation is 1. The van der Waals surface area contributed by atoms with E-state index in [0.29, 0.717) is 16.7 Å². The molecule has 18 heavy (non-hydrogen) atoms. The summed E-state index contributed by atoms with van der Waals surface area (Å²) < 4.78 is 0. The van der Waals surface area contributed by atoms with Crippen LogP contribution in [0.1, 0.15) is 37.9 Å². The van der Waals surface area contributed by atoms with E-state index in [1.165, 1.54) is 16.6 Å². The fourth-order valence-electron chi connectivity index (χ4n) is 2.64. The fourth-order valence-corrected chi connectivity index (χ4v) is 3.50. The van der Waals surface area contributed by atoms with E-state index in [-0.39, 0.29) is 0 Å². The van der Waals surface area contributed by atoms with Crippen molar-refractivity contribution in [2.24, 2.45) is 5.92 Å². The molecule has 0 N–H and O–H groups in total. The highest BCUT2D eigenvalue weighted by Crippen LogP contribution is 2.33. The normalized spacial score (nSPS) is 15.0. The molecule has 0 saturated carbocycles. The summed E-state index contributed by atoms with van der Waals surface area (Å²) in [6, 6.07) is 10.6. The number of hydrogen-bond donors (Lipinski definition) is 0. The Hall–Kier alpha value is -0.890. The van der Waals surface area contributed by atoms with Crippen LogP contribution in [0, 0.1) is 12.8 Å². The lowest BCUT2D eigenvalue weighted by molar-refractivity contribution is 0.487. The second kappa shape index (κ2) is 5.40. The molecule has 0 radical (unpaired) electrons. The smallest absolute Gasteiger partial charge is 0.0705 e. The molecule has 0 spiro atoms. The van der Waals surface area contributed by atoms with E-state index in [4.69, 9.17) is 4.98 Å². The van der Waals surface area contributed by atoms with E-state index in [1.807, 2.05) is 0 Å². The SMILES string of the molecule is Cc1cc2ccccc2nc1C(C(C)C)C(C)Br. The standard InChI is InChI=1S/C16H20BrN/c1-10(2)15(12(4)17)16-11(3)9-13-7-5-6-8-14(13)18-16/h5-10,12,15H,1-4H3. The number of halogens is 1. The van der Waals surface area contributed by atoms with E-state index in [9.17, 15) is 0 Å². The number of aromatic nitrogens is 1. The fraction of sp³-hybridized carbons (Fsp3) is 0.438. The lowest BCUT2D eigenvalue weighted by Gasteiger charge is -2.25. The summed E-state index contributed by atoms with van der Waals surface area (Å²) in [5, 5.41) is 1.23. The Balaban J connectivity index is 2.59. The summed E-state index contributed by atoms with van der Waals surface area (Å²) in [6.45, 7) is 8.90. The van der Waals surface area contributed by atoms with Crippen LogP contribution in [-0.4, -0.2) is 9.81 Å². The highest BCUT2D eigenvalue weighted by molar-refractivity contribution is 9.09. The van der Waals surface area contributed by atoms with Gasteiger partial charge >= 0.3 is 0 Å². The lowest BCUT2D eigenvalue weighted by atomic mass is 9.87. The van der Waals surface area contributed by atoms with Gasteiger partial charge in [-0.2, -0.15) is 0 Å². The Bertz CT molecular complexity index is 538. The molecule has 1 nitrogen and oxygen atoms in total. The second-order valence-electron chi connectivity index (χ2n) is 5.33. The molecule has 1 aromatic heterocycles. The molecule has 0 aliphatic carbocycles. The molecule has 2 atom stereocenters. The van der Waals surface area contributed by atoms with Crippen LogP contribution in [0.25, 0.3) is 10.9 Å². The Morgan fingerprint density at radius 3 is 2.39 bits per heavy atom. The minimum atomic E-state index is 0.435. The number of rotatable bonds is 3. The summed E-state index contributed by atoms with van der Waals surface area (Å²) in [4.78, 5) is 5.32. The number of para-hydroxylation sites is 1. The van der Waals surface area contributed by atoms with Gasteiger partial charge in [0.2, 0.25) is 0 Å². The van der Waals surface area contributed by atoms with Crippen LogP contribution in [0.15, 0.2) is 30.3 Å². The minimum Gasteiger partial charge on any atom is -0.252 e. The van der Waals surface area contributed by atoms with Crippen LogP contribution < -0.4 is 0 Å². The first-order valence-electron chi connectivity index (χ1n) is 6.51. The zero-order valence-electron chi connectivity index (χ0n) is 11.4. The van der Waals surface area contributed by atoms with Gasteiger partial charge in [-0.15, -0.1) is 0 Å². The van der Waals surface area contributed by atoms with Crippen molar-refractivity contribution in [2.45, 2.75) is 38.4 Å². The Morgan fingerprint density at radius 2 is 1.78 bits per heavy atom. The van der Waals surface area contributed by atoms with Gasteiger partial charge in [0.1, 0.15) is 0 Å². The summed E-state index contributed by atoms with van der Waals surface area (Å²) in [6.07, 6.45) is 0. The summed E-state index contributed by atoms with van der Waals surface area (Å²) in [5.41, 5.74) is 3.61. The van der Waals surface area contributed by atoms with Crippen molar-refractivity contribution < 1.29 is 0 Å². The van der Waals surface area contributed by atoms with E-state index >= 15 is 0 Å². The van der Waals surface area contributed by atoms with Gasteiger partial charge in [-0.1, -0.05) is 54.9 Å². The molecule has 1 aromatic carbocycles. The van der Waals surface area contributed by atoms with Crippen LogP contribution in [0.5, 0.6) is 0 Å². The topological polar surface area (TPSA) is 12.9 Å².